The van der Waals surface area contributed by atoms with Crippen LogP contribution in [0.2, 0.25) is 0 Å². The Balaban J connectivity index is 1.54. The van der Waals surface area contributed by atoms with Crippen molar-refractivity contribution in [3.8, 4) is 0 Å². The molecule has 4 aliphatic carbocycles. The molecule has 0 radical (unpaired) electrons. The van der Waals surface area contributed by atoms with Gasteiger partial charge < -0.3 is 9.47 Å². The SMILES string of the molecule is CCC(=O)[C@@]12OC(C)(C)O[C@@H]1C[C@@H]1[C@@H]3CCC4=CC(=O)CC[C@]4(C)[C@H]3CC[C@@]12C. The van der Waals surface area contributed by atoms with Gasteiger partial charge in [0.2, 0.25) is 0 Å². The fraction of sp³-hybridized carbons (Fsp3) is 0.840. The molecule has 7 atom stereocenters. The van der Waals surface area contributed by atoms with Gasteiger partial charge in [-0.25, -0.2) is 0 Å². The molecular formula is C25H36O4. The van der Waals surface area contributed by atoms with Gasteiger partial charge in [-0.15, -0.1) is 0 Å². The van der Waals surface area contributed by atoms with Crippen LogP contribution in [0.15, 0.2) is 11.6 Å². The standard InChI is InChI=1S/C25H36O4/c1-6-20(27)25-21(28-22(2,3)29-25)14-19-17-8-7-15-13-16(26)9-11-23(15,4)18(17)10-12-24(19,25)5/h13,17-19,21H,6-12,14H2,1-5H3/t17-,18+,19-,21-,23+,24+,25-/m1/s1. The van der Waals surface area contributed by atoms with Gasteiger partial charge in [-0.1, -0.05) is 26.3 Å². The van der Waals surface area contributed by atoms with Crippen molar-refractivity contribution in [2.45, 2.75) is 103 Å². The molecule has 29 heavy (non-hydrogen) atoms. The molecule has 5 rings (SSSR count). The van der Waals surface area contributed by atoms with Crippen LogP contribution >= 0.6 is 0 Å². The first kappa shape index (κ1) is 19.9. The molecule has 3 saturated carbocycles. The minimum Gasteiger partial charge on any atom is -0.344 e. The zero-order valence-corrected chi connectivity index (χ0v) is 18.7. The van der Waals surface area contributed by atoms with Crippen molar-refractivity contribution in [3.05, 3.63) is 11.6 Å². The number of ketones is 2. The van der Waals surface area contributed by atoms with E-state index in [-0.39, 0.29) is 22.7 Å². The maximum atomic E-state index is 13.4. The summed E-state index contributed by atoms with van der Waals surface area (Å²) in [5.74, 6) is 1.49. The van der Waals surface area contributed by atoms with Crippen molar-refractivity contribution in [2.24, 2.45) is 28.6 Å². The smallest absolute Gasteiger partial charge is 0.167 e. The van der Waals surface area contributed by atoms with Crippen LogP contribution in [-0.4, -0.2) is 29.1 Å². The van der Waals surface area contributed by atoms with E-state index >= 15 is 0 Å². The molecule has 4 heteroatoms. The van der Waals surface area contributed by atoms with E-state index in [1.807, 2.05) is 26.8 Å². The minimum absolute atomic E-state index is 0.128. The zero-order chi connectivity index (χ0) is 20.8. The maximum absolute atomic E-state index is 13.4. The summed E-state index contributed by atoms with van der Waals surface area (Å²) in [7, 11) is 0. The summed E-state index contributed by atoms with van der Waals surface area (Å²) < 4.78 is 13.0. The van der Waals surface area contributed by atoms with Crippen LogP contribution in [0.4, 0.5) is 0 Å². The number of rotatable bonds is 2. The van der Waals surface area contributed by atoms with E-state index in [4.69, 9.17) is 9.47 Å². The molecule has 5 aliphatic rings. The highest BCUT2D eigenvalue weighted by atomic mass is 16.8. The van der Waals surface area contributed by atoms with Crippen LogP contribution in [0.1, 0.15) is 86.0 Å². The molecule has 0 unspecified atom stereocenters. The average molecular weight is 401 g/mol. The second kappa shape index (κ2) is 6.03. The van der Waals surface area contributed by atoms with Crippen LogP contribution in [0.5, 0.6) is 0 Å². The molecule has 0 aromatic heterocycles. The van der Waals surface area contributed by atoms with Crippen LogP contribution in [0.25, 0.3) is 0 Å². The maximum Gasteiger partial charge on any atom is 0.167 e. The predicted octanol–water partition coefficient (Wildman–Crippen LogP) is 5.00. The molecule has 1 aliphatic heterocycles. The van der Waals surface area contributed by atoms with E-state index in [9.17, 15) is 9.59 Å². The molecule has 1 saturated heterocycles. The molecule has 0 aromatic carbocycles. The first-order valence-corrected chi connectivity index (χ1v) is 11.7. The Morgan fingerprint density at radius 1 is 1.10 bits per heavy atom. The van der Waals surface area contributed by atoms with Gasteiger partial charge in [0.05, 0.1) is 6.10 Å². The Morgan fingerprint density at radius 2 is 1.86 bits per heavy atom. The number of ether oxygens (including phenoxy) is 2. The number of carbonyl (C=O) groups excluding carboxylic acids is 2. The highest BCUT2D eigenvalue weighted by Crippen LogP contribution is 2.70. The number of allylic oxidation sites excluding steroid dienone is 1. The number of fused-ring (bicyclic) bond motifs is 7. The average Bonchev–Trinajstić information content (AvgIpc) is 3.07. The van der Waals surface area contributed by atoms with Gasteiger partial charge in [0.25, 0.3) is 0 Å². The fourth-order valence-electron chi connectivity index (χ4n) is 8.43. The summed E-state index contributed by atoms with van der Waals surface area (Å²) >= 11 is 0. The monoisotopic (exact) mass is 400 g/mol. The first-order chi connectivity index (χ1) is 13.6. The Kier molecular flexibility index (Phi) is 4.15. The summed E-state index contributed by atoms with van der Waals surface area (Å²) in [5.41, 5.74) is 0.589. The lowest BCUT2D eigenvalue weighted by Crippen LogP contribution is -2.60. The van der Waals surface area contributed by atoms with Gasteiger partial charge in [0.15, 0.2) is 23.0 Å². The van der Waals surface area contributed by atoms with Crippen molar-refractivity contribution >= 4 is 11.6 Å². The summed E-state index contributed by atoms with van der Waals surface area (Å²) in [6.45, 7) is 10.6. The molecule has 0 aromatic rings. The Labute approximate surface area is 174 Å². The molecule has 0 bridgehead atoms. The Bertz CT molecular complexity index is 797. The fourth-order valence-corrected chi connectivity index (χ4v) is 8.43. The number of Topliss-reactive ketones (excluding diaryl/α,β-unsaturated/α-hetero) is 1. The molecule has 4 fully saturated rings. The van der Waals surface area contributed by atoms with Crippen molar-refractivity contribution in [1.29, 1.82) is 0 Å². The Morgan fingerprint density at radius 3 is 2.59 bits per heavy atom. The summed E-state index contributed by atoms with van der Waals surface area (Å²) in [6, 6.07) is 0. The third-order valence-electron chi connectivity index (χ3n) is 9.69. The Hall–Kier alpha value is -1.00. The van der Waals surface area contributed by atoms with Crippen molar-refractivity contribution in [1.82, 2.24) is 0 Å². The number of carbonyl (C=O) groups is 2. The van der Waals surface area contributed by atoms with Crippen LogP contribution < -0.4 is 0 Å². The van der Waals surface area contributed by atoms with Gasteiger partial charge >= 0.3 is 0 Å². The predicted molar refractivity (Wildman–Crippen MR) is 110 cm³/mol. The summed E-state index contributed by atoms with van der Waals surface area (Å²) in [5, 5.41) is 0. The van der Waals surface area contributed by atoms with Gasteiger partial charge in [0, 0.05) is 18.3 Å². The van der Waals surface area contributed by atoms with Crippen LogP contribution in [-0.2, 0) is 19.1 Å². The highest BCUT2D eigenvalue weighted by molar-refractivity contribution is 5.92. The van der Waals surface area contributed by atoms with Crippen molar-refractivity contribution in [3.63, 3.8) is 0 Å². The van der Waals surface area contributed by atoms with Gasteiger partial charge in [0.1, 0.15) is 0 Å². The third-order valence-corrected chi connectivity index (χ3v) is 9.69. The van der Waals surface area contributed by atoms with E-state index in [0.717, 1.165) is 38.5 Å². The van der Waals surface area contributed by atoms with E-state index < -0.39 is 11.4 Å². The summed E-state index contributed by atoms with van der Waals surface area (Å²) in [6.07, 6.45) is 9.24. The topological polar surface area (TPSA) is 52.6 Å². The third kappa shape index (κ3) is 2.39. The van der Waals surface area contributed by atoms with Crippen molar-refractivity contribution in [2.75, 3.05) is 0 Å². The van der Waals surface area contributed by atoms with Gasteiger partial charge in [-0.2, -0.15) is 0 Å². The lowest BCUT2D eigenvalue weighted by molar-refractivity contribution is -0.214. The van der Waals surface area contributed by atoms with Crippen LogP contribution in [0, 0.1) is 28.6 Å². The van der Waals surface area contributed by atoms with E-state index in [1.54, 1.807) is 0 Å². The molecule has 160 valence electrons. The van der Waals surface area contributed by atoms with Crippen molar-refractivity contribution < 1.29 is 19.1 Å². The van der Waals surface area contributed by atoms with E-state index in [0.29, 0.717) is 36.4 Å². The molecular weight excluding hydrogens is 364 g/mol. The molecule has 1 heterocycles. The van der Waals surface area contributed by atoms with Crippen LogP contribution in [0.3, 0.4) is 0 Å². The van der Waals surface area contributed by atoms with E-state index in [2.05, 4.69) is 13.8 Å². The molecule has 0 amide bonds. The second-order valence-electron chi connectivity index (χ2n) is 11.3. The summed E-state index contributed by atoms with van der Waals surface area (Å²) in [4.78, 5) is 25.5. The first-order valence-electron chi connectivity index (χ1n) is 11.7. The minimum atomic E-state index is -0.791. The van der Waals surface area contributed by atoms with Gasteiger partial charge in [-0.05, 0) is 81.6 Å². The molecule has 0 spiro atoms. The lowest BCUT2D eigenvalue weighted by atomic mass is 9.46. The normalized spacial score (nSPS) is 50.2. The number of hydrogen-bond acceptors (Lipinski definition) is 4. The molecule has 0 N–H and O–H groups in total. The molecule has 4 nitrogen and oxygen atoms in total. The highest BCUT2D eigenvalue weighted by Gasteiger charge is 2.75. The second-order valence-corrected chi connectivity index (χ2v) is 11.3. The largest absolute Gasteiger partial charge is 0.344 e. The quantitative estimate of drug-likeness (QED) is 0.655. The zero-order valence-electron chi connectivity index (χ0n) is 18.7. The van der Waals surface area contributed by atoms with Gasteiger partial charge in [-0.3, -0.25) is 9.59 Å². The lowest BCUT2D eigenvalue weighted by Gasteiger charge is -2.59. The van der Waals surface area contributed by atoms with E-state index in [1.165, 1.54) is 5.57 Å². The number of hydrogen-bond donors (Lipinski definition) is 0.